The number of halogens is 2. The number of aromatic nitrogens is 1. The Morgan fingerprint density at radius 3 is 2.76 bits per heavy atom. The fourth-order valence-corrected chi connectivity index (χ4v) is 1.26. The predicted octanol–water partition coefficient (Wildman–Crippen LogP) is 1.14. The monoisotopic (exact) mass is 241 g/mol. The van der Waals surface area contributed by atoms with Crippen molar-refractivity contribution >= 4 is 5.97 Å². The van der Waals surface area contributed by atoms with Crippen molar-refractivity contribution in [3.05, 3.63) is 28.6 Å². The van der Waals surface area contributed by atoms with E-state index in [0.29, 0.717) is 0 Å². The summed E-state index contributed by atoms with van der Waals surface area (Å²) in [7, 11) is 1.07. The Kier molecular flexibility index (Phi) is 4.06. The van der Waals surface area contributed by atoms with E-state index < -0.39 is 23.8 Å². The molecular formula is C10H9F2N3O2. The molecular weight excluding hydrogens is 232 g/mol. The van der Waals surface area contributed by atoms with Crippen LogP contribution in [0.2, 0.25) is 0 Å². The molecule has 1 aromatic heterocycles. The van der Waals surface area contributed by atoms with Crippen LogP contribution in [-0.4, -0.2) is 18.1 Å². The van der Waals surface area contributed by atoms with Crippen LogP contribution in [0, 0.1) is 11.3 Å². The number of nitrogens with zero attached hydrogens (tertiary/aromatic N) is 2. The molecule has 2 N–H and O–H groups in total. The van der Waals surface area contributed by atoms with Gasteiger partial charge in [0.05, 0.1) is 12.7 Å². The van der Waals surface area contributed by atoms with Crippen molar-refractivity contribution in [2.75, 3.05) is 7.11 Å². The SMILES string of the molecule is COC(=O)c1nc(C(F)F)cc(CN)c1C#N. The molecule has 0 amide bonds. The number of carbonyl (C=O) groups excluding carboxylic acids is 1. The van der Waals surface area contributed by atoms with E-state index in [-0.39, 0.29) is 17.7 Å². The minimum absolute atomic E-state index is 0.135. The average Bonchev–Trinajstić information content (AvgIpc) is 2.35. The highest BCUT2D eigenvalue weighted by Crippen LogP contribution is 2.22. The molecule has 0 unspecified atom stereocenters. The summed E-state index contributed by atoms with van der Waals surface area (Å²) < 4.78 is 29.4. The number of hydrogen-bond acceptors (Lipinski definition) is 5. The van der Waals surface area contributed by atoms with Gasteiger partial charge in [-0.1, -0.05) is 0 Å². The summed E-state index contributed by atoms with van der Waals surface area (Å²) in [5, 5.41) is 8.86. The number of methoxy groups -OCH3 is 1. The van der Waals surface area contributed by atoms with E-state index in [1.807, 2.05) is 0 Å². The Hall–Kier alpha value is -2.07. The lowest BCUT2D eigenvalue weighted by Gasteiger charge is -2.08. The molecule has 0 bridgehead atoms. The van der Waals surface area contributed by atoms with Gasteiger partial charge in [0.15, 0.2) is 5.69 Å². The number of pyridine rings is 1. The van der Waals surface area contributed by atoms with Crippen molar-refractivity contribution in [3.8, 4) is 6.07 Å². The molecule has 1 rings (SSSR count). The molecule has 0 aliphatic carbocycles. The van der Waals surface area contributed by atoms with Gasteiger partial charge in [0.2, 0.25) is 0 Å². The van der Waals surface area contributed by atoms with Crippen LogP contribution >= 0.6 is 0 Å². The number of carbonyl (C=O) groups is 1. The predicted molar refractivity (Wildman–Crippen MR) is 53.1 cm³/mol. The largest absolute Gasteiger partial charge is 0.464 e. The molecule has 0 radical (unpaired) electrons. The summed E-state index contributed by atoms with van der Waals surface area (Å²) in [6.45, 7) is -0.144. The second-order valence-electron chi connectivity index (χ2n) is 3.04. The van der Waals surface area contributed by atoms with Crippen LogP contribution in [0.5, 0.6) is 0 Å². The van der Waals surface area contributed by atoms with Gasteiger partial charge in [-0.05, 0) is 11.6 Å². The lowest BCUT2D eigenvalue weighted by molar-refractivity contribution is 0.0591. The second kappa shape index (κ2) is 5.32. The Balaban J connectivity index is 3.49. The molecule has 0 fully saturated rings. The van der Waals surface area contributed by atoms with Crippen LogP contribution in [-0.2, 0) is 11.3 Å². The van der Waals surface area contributed by atoms with Crippen LogP contribution in [0.4, 0.5) is 8.78 Å². The minimum atomic E-state index is -2.85. The van der Waals surface area contributed by atoms with E-state index in [9.17, 15) is 13.6 Å². The van der Waals surface area contributed by atoms with E-state index in [1.54, 1.807) is 6.07 Å². The lowest BCUT2D eigenvalue weighted by Crippen LogP contribution is -2.13. The van der Waals surface area contributed by atoms with Gasteiger partial charge in [-0.2, -0.15) is 5.26 Å². The zero-order chi connectivity index (χ0) is 13.0. The van der Waals surface area contributed by atoms with Crippen LogP contribution in [0.25, 0.3) is 0 Å². The Morgan fingerprint density at radius 1 is 1.71 bits per heavy atom. The molecule has 0 aromatic carbocycles. The van der Waals surface area contributed by atoms with E-state index in [2.05, 4.69) is 9.72 Å². The zero-order valence-corrected chi connectivity index (χ0v) is 8.91. The number of esters is 1. The van der Waals surface area contributed by atoms with Gasteiger partial charge < -0.3 is 10.5 Å². The Bertz CT molecular complexity index is 483. The molecule has 0 spiro atoms. The van der Waals surface area contributed by atoms with Crippen LogP contribution in [0.15, 0.2) is 6.07 Å². The van der Waals surface area contributed by atoms with Crippen LogP contribution < -0.4 is 5.73 Å². The highest BCUT2D eigenvalue weighted by Gasteiger charge is 2.21. The molecule has 0 atom stereocenters. The normalized spacial score (nSPS) is 10.1. The topological polar surface area (TPSA) is 89.0 Å². The second-order valence-corrected chi connectivity index (χ2v) is 3.04. The van der Waals surface area contributed by atoms with Gasteiger partial charge in [0.25, 0.3) is 6.43 Å². The number of rotatable bonds is 3. The van der Waals surface area contributed by atoms with Crippen molar-refractivity contribution in [1.29, 1.82) is 5.26 Å². The van der Waals surface area contributed by atoms with E-state index >= 15 is 0 Å². The molecule has 90 valence electrons. The number of nitriles is 1. The molecule has 1 heterocycles. The molecule has 0 saturated heterocycles. The molecule has 0 aliphatic rings. The number of hydrogen-bond donors (Lipinski definition) is 1. The third-order valence-electron chi connectivity index (χ3n) is 2.05. The quantitative estimate of drug-likeness (QED) is 0.801. The van der Waals surface area contributed by atoms with Gasteiger partial charge in [0.1, 0.15) is 11.8 Å². The molecule has 17 heavy (non-hydrogen) atoms. The molecule has 5 nitrogen and oxygen atoms in total. The summed E-state index contributed by atoms with van der Waals surface area (Å²) >= 11 is 0. The van der Waals surface area contributed by atoms with E-state index in [4.69, 9.17) is 11.0 Å². The first kappa shape index (κ1) is 13.0. The van der Waals surface area contributed by atoms with Crippen molar-refractivity contribution < 1.29 is 18.3 Å². The molecule has 7 heteroatoms. The first-order valence-corrected chi connectivity index (χ1v) is 4.55. The molecule has 0 saturated carbocycles. The zero-order valence-electron chi connectivity index (χ0n) is 8.91. The fraction of sp³-hybridized carbons (Fsp3) is 0.300. The van der Waals surface area contributed by atoms with E-state index in [1.165, 1.54) is 0 Å². The average molecular weight is 241 g/mol. The smallest absolute Gasteiger partial charge is 0.358 e. The third-order valence-corrected chi connectivity index (χ3v) is 2.05. The first-order chi connectivity index (χ1) is 8.04. The first-order valence-electron chi connectivity index (χ1n) is 4.55. The number of nitrogens with two attached hydrogens (primary N) is 1. The highest BCUT2D eigenvalue weighted by atomic mass is 19.3. The summed E-state index contributed by atoms with van der Waals surface area (Å²) in [6.07, 6.45) is -2.85. The lowest BCUT2D eigenvalue weighted by atomic mass is 10.1. The van der Waals surface area contributed by atoms with E-state index in [0.717, 1.165) is 13.2 Å². The molecule has 1 aromatic rings. The Labute approximate surface area is 95.8 Å². The van der Waals surface area contributed by atoms with Crippen molar-refractivity contribution in [1.82, 2.24) is 4.98 Å². The summed E-state index contributed by atoms with van der Waals surface area (Å²) in [4.78, 5) is 14.7. The van der Waals surface area contributed by atoms with Crippen molar-refractivity contribution in [2.24, 2.45) is 5.73 Å². The summed E-state index contributed by atoms with van der Waals surface area (Å²) in [5.74, 6) is -0.946. The number of alkyl halides is 2. The highest BCUT2D eigenvalue weighted by molar-refractivity contribution is 5.90. The summed E-state index contributed by atoms with van der Waals surface area (Å²) in [6, 6.07) is 2.72. The maximum Gasteiger partial charge on any atom is 0.358 e. The van der Waals surface area contributed by atoms with Gasteiger partial charge in [-0.15, -0.1) is 0 Å². The van der Waals surface area contributed by atoms with Crippen molar-refractivity contribution in [3.63, 3.8) is 0 Å². The third kappa shape index (κ3) is 2.54. The maximum atomic E-state index is 12.5. The van der Waals surface area contributed by atoms with Gasteiger partial charge >= 0.3 is 5.97 Å². The van der Waals surface area contributed by atoms with Crippen LogP contribution in [0.3, 0.4) is 0 Å². The minimum Gasteiger partial charge on any atom is -0.464 e. The standard InChI is InChI=1S/C10H9F2N3O2/c1-17-10(16)8-6(4-14)5(3-13)2-7(15-8)9(11)12/h2,9H,3,13H2,1H3. The summed E-state index contributed by atoms with van der Waals surface area (Å²) in [5.41, 5.74) is 4.29. The van der Waals surface area contributed by atoms with Gasteiger partial charge in [-0.25, -0.2) is 18.6 Å². The van der Waals surface area contributed by atoms with Gasteiger partial charge in [-0.3, -0.25) is 0 Å². The van der Waals surface area contributed by atoms with Gasteiger partial charge in [0, 0.05) is 6.54 Å². The van der Waals surface area contributed by atoms with Crippen LogP contribution in [0.1, 0.15) is 33.7 Å². The van der Waals surface area contributed by atoms with Crippen molar-refractivity contribution in [2.45, 2.75) is 13.0 Å². The Morgan fingerprint density at radius 2 is 2.35 bits per heavy atom. The molecule has 0 aliphatic heterocycles. The number of ether oxygens (including phenoxy) is 1. The maximum absolute atomic E-state index is 12.5. The fourth-order valence-electron chi connectivity index (χ4n) is 1.26.